The van der Waals surface area contributed by atoms with Crippen LogP contribution < -0.4 is 0 Å². The van der Waals surface area contributed by atoms with E-state index in [1.54, 1.807) is 0 Å². The zero-order chi connectivity index (χ0) is 8.77. The van der Waals surface area contributed by atoms with E-state index in [2.05, 4.69) is 21.7 Å². The lowest BCUT2D eigenvalue weighted by atomic mass is 9.48. The average molecular weight is 164 g/mol. The molecule has 2 bridgehead atoms. The van der Waals surface area contributed by atoms with Gasteiger partial charge in [0.1, 0.15) is 7.85 Å². The van der Waals surface area contributed by atoms with E-state index in [-0.39, 0.29) is 0 Å². The molecule has 2 fully saturated rings. The molecule has 2 unspecified atom stereocenters. The largest absolute Gasteiger partial charge is 0.109 e. The molecule has 0 amide bonds. The lowest BCUT2D eigenvalue weighted by Gasteiger charge is -2.48. The third-order valence-corrected chi connectivity index (χ3v) is 3.94. The van der Waals surface area contributed by atoms with Crippen LogP contribution in [0.25, 0.3) is 0 Å². The van der Waals surface area contributed by atoms with Crippen LogP contribution in [-0.2, 0) is 0 Å². The molecule has 2 atom stereocenters. The first kappa shape index (κ1) is 8.65. The summed E-state index contributed by atoms with van der Waals surface area (Å²) in [5, 5.41) is 0.722. The zero-order valence-electron chi connectivity index (χ0n) is 8.77. The molecule has 0 aliphatic heterocycles. The summed E-state index contributed by atoms with van der Waals surface area (Å²) in [7, 11) is 2.52. The highest BCUT2D eigenvalue weighted by molar-refractivity contribution is 6.15. The fourth-order valence-electron chi connectivity index (χ4n) is 4.20. The van der Waals surface area contributed by atoms with Crippen molar-refractivity contribution in [1.29, 1.82) is 0 Å². The fraction of sp³-hybridized carbons (Fsp3) is 1.00. The molecule has 0 heterocycles. The van der Waals surface area contributed by atoms with E-state index in [0.29, 0.717) is 0 Å². The number of hydrogen-bond donors (Lipinski definition) is 0. The summed E-state index contributed by atoms with van der Waals surface area (Å²) < 4.78 is 0. The predicted octanol–water partition coefficient (Wildman–Crippen LogP) is 2.64. The summed E-state index contributed by atoms with van der Waals surface area (Å²) in [4.78, 5) is 0. The van der Waals surface area contributed by atoms with E-state index in [9.17, 15) is 0 Å². The molecule has 12 heavy (non-hydrogen) atoms. The molecular formula is C11H21B. The van der Waals surface area contributed by atoms with E-state index >= 15 is 0 Å². The maximum atomic E-state index is 2.52. The van der Waals surface area contributed by atoms with E-state index in [1.165, 1.54) is 32.1 Å². The molecule has 2 aliphatic carbocycles. The van der Waals surface area contributed by atoms with Crippen LogP contribution in [0.1, 0.15) is 46.0 Å². The smallest absolute Gasteiger partial charge is 0.0625 e. The van der Waals surface area contributed by atoms with E-state index in [4.69, 9.17) is 0 Å². The van der Waals surface area contributed by atoms with Crippen LogP contribution in [-0.4, -0.2) is 7.85 Å². The van der Waals surface area contributed by atoms with Crippen molar-refractivity contribution in [3.63, 3.8) is 0 Å². The van der Waals surface area contributed by atoms with Crippen molar-refractivity contribution in [2.24, 2.45) is 17.8 Å². The molecule has 0 radical (unpaired) electrons. The van der Waals surface area contributed by atoms with E-state index < -0.39 is 0 Å². The second-order valence-corrected chi connectivity index (χ2v) is 5.97. The van der Waals surface area contributed by atoms with Gasteiger partial charge in [-0.15, -0.1) is 0 Å². The van der Waals surface area contributed by atoms with Crippen molar-refractivity contribution in [3.8, 4) is 0 Å². The van der Waals surface area contributed by atoms with Crippen LogP contribution in [0.4, 0.5) is 0 Å². The van der Waals surface area contributed by atoms with Crippen molar-refractivity contribution < 1.29 is 0 Å². The highest BCUT2D eigenvalue weighted by Crippen LogP contribution is 2.55. The second kappa shape index (κ2) is 2.78. The van der Waals surface area contributed by atoms with E-state index in [1.807, 2.05) is 0 Å². The van der Waals surface area contributed by atoms with Gasteiger partial charge in [0.05, 0.1) is 0 Å². The SMILES string of the molecule is BC12CC(C)CC(CC(C)C1)C2. The molecule has 0 saturated heterocycles. The number of fused-ring (bicyclic) bond motifs is 2. The maximum absolute atomic E-state index is 2.52. The minimum absolute atomic E-state index is 0.722. The van der Waals surface area contributed by atoms with Crippen LogP contribution in [0.2, 0.25) is 5.31 Å². The zero-order valence-corrected chi connectivity index (χ0v) is 8.77. The Balaban J connectivity index is 2.11. The van der Waals surface area contributed by atoms with Crippen molar-refractivity contribution in [1.82, 2.24) is 0 Å². The van der Waals surface area contributed by atoms with Gasteiger partial charge in [-0.1, -0.05) is 38.4 Å². The van der Waals surface area contributed by atoms with Gasteiger partial charge in [0.15, 0.2) is 0 Å². The van der Waals surface area contributed by atoms with Crippen molar-refractivity contribution >= 4 is 7.85 Å². The lowest BCUT2D eigenvalue weighted by Crippen LogP contribution is -2.34. The number of hydrogen-bond acceptors (Lipinski definition) is 0. The van der Waals surface area contributed by atoms with Gasteiger partial charge < -0.3 is 0 Å². The second-order valence-electron chi connectivity index (χ2n) is 5.97. The van der Waals surface area contributed by atoms with Crippen LogP contribution >= 0.6 is 0 Å². The van der Waals surface area contributed by atoms with Crippen LogP contribution in [0, 0.1) is 17.8 Å². The predicted molar refractivity (Wildman–Crippen MR) is 56.1 cm³/mol. The molecule has 2 aliphatic rings. The summed E-state index contributed by atoms with van der Waals surface area (Å²) in [5.41, 5.74) is 0. The molecule has 0 spiro atoms. The first-order chi connectivity index (χ1) is 5.57. The molecule has 0 aromatic rings. The first-order valence-corrected chi connectivity index (χ1v) is 5.57. The molecule has 1 heteroatoms. The Morgan fingerprint density at radius 2 is 1.50 bits per heavy atom. The highest BCUT2D eigenvalue weighted by Gasteiger charge is 2.40. The molecule has 0 N–H and O–H groups in total. The Hall–Kier alpha value is 0.0649. The Labute approximate surface area is 77.5 Å². The number of rotatable bonds is 0. The van der Waals surface area contributed by atoms with Crippen LogP contribution in [0.15, 0.2) is 0 Å². The van der Waals surface area contributed by atoms with Gasteiger partial charge in [0.25, 0.3) is 0 Å². The molecule has 2 rings (SSSR count). The molecule has 0 aromatic carbocycles. The quantitative estimate of drug-likeness (QED) is 0.483. The summed E-state index contributed by atoms with van der Waals surface area (Å²) >= 11 is 0. The van der Waals surface area contributed by atoms with Crippen molar-refractivity contribution in [2.75, 3.05) is 0 Å². The minimum Gasteiger partial charge on any atom is -0.0625 e. The van der Waals surface area contributed by atoms with Crippen molar-refractivity contribution in [3.05, 3.63) is 0 Å². The lowest BCUT2D eigenvalue weighted by molar-refractivity contribution is 0.124. The molecular weight excluding hydrogens is 143 g/mol. The topological polar surface area (TPSA) is 0 Å². The van der Waals surface area contributed by atoms with Crippen molar-refractivity contribution in [2.45, 2.75) is 51.3 Å². The third-order valence-electron chi connectivity index (χ3n) is 3.94. The highest BCUT2D eigenvalue weighted by atomic mass is 14.4. The average Bonchev–Trinajstić information content (AvgIpc) is 1.78. The summed E-state index contributed by atoms with van der Waals surface area (Å²) in [6.45, 7) is 4.89. The Bertz CT molecular complexity index is 156. The van der Waals surface area contributed by atoms with Gasteiger partial charge in [0.2, 0.25) is 0 Å². The van der Waals surface area contributed by atoms with Gasteiger partial charge in [-0.3, -0.25) is 0 Å². The Morgan fingerprint density at radius 3 is 1.92 bits per heavy atom. The normalized spacial score (nSPS) is 53.7. The Morgan fingerprint density at radius 1 is 1.00 bits per heavy atom. The van der Waals surface area contributed by atoms with Gasteiger partial charge in [0, 0.05) is 0 Å². The fourth-order valence-corrected chi connectivity index (χ4v) is 4.20. The molecule has 68 valence electrons. The van der Waals surface area contributed by atoms with Crippen LogP contribution in [0.5, 0.6) is 0 Å². The van der Waals surface area contributed by atoms with Gasteiger partial charge in [-0.2, -0.15) is 0 Å². The minimum atomic E-state index is 0.722. The van der Waals surface area contributed by atoms with Gasteiger partial charge in [-0.05, 0) is 30.6 Å². The molecule has 0 nitrogen and oxygen atoms in total. The van der Waals surface area contributed by atoms with Gasteiger partial charge in [-0.25, -0.2) is 0 Å². The summed E-state index contributed by atoms with van der Waals surface area (Å²) in [6.07, 6.45) is 7.54. The van der Waals surface area contributed by atoms with E-state index in [0.717, 1.165) is 23.1 Å². The standard InChI is InChI=1S/C11H21B/c1-8-3-10-4-9(2)6-11(12,5-8)7-10/h8-10H,3-7,12H2,1-2H3. The van der Waals surface area contributed by atoms with Gasteiger partial charge >= 0.3 is 0 Å². The molecule has 0 aromatic heterocycles. The third kappa shape index (κ3) is 1.55. The first-order valence-electron chi connectivity index (χ1n) is 5.57. The monoisotopic (exact) mass is 164 g/mol. The maximum Gasteiger partial charge on any atom is 0.109 e. The summed E-state index contributed by atoms with van der Waals surface area (Å²) in [5.74, 6) is 3.07. The molecule has 2 saturated carbocycles. The Kier molecular flexibility index (Phi) is 2.01. The van der Waals surface area contributed by atoms with Crippen LogP contribution in [0.3, 0.4) is 0 Å². The summed E-state index contributed by atoms with van der Waals surface area (Å²) in [6, 6.07) is 0.